The number of hydrogen-bond donors (Lipinski definition) is 2. The van der Waals surface area contributed by atoms with Gasteiger partial charge in [-0.05, 0) is 11.1 Å². The van der Waals surface area contributed by atoms with Crippen molar-refractivity contribution in [2.45, 2.75) is 17.5 Å². The van der Waals surface area contributed by atoms with Crippen LogP contribution in [0.2, 0.25) is 0 Å². The van der Waals surface area contributed by atoms with Crippen molar-refractivity contribution < 1.29 is 10.2 Å². The molecular weight excluding hydrogens is 312 g/mol. The summed E-state index contributed by atoms with van der Waals surface area (Å²) < 4.78 is 0. The third kappa shape index (κ3) is 2.79. The molecule has 1 aromatic carbocycles. The fourth-order valence-electron chi connectivity index (χ4n) is 1.24. The molecule has 0 aromatic heterocycles. The summed E-state index contributed by atoms with van der Waals surface area (Å²) in [6.07, 6.45) is -1.60. The summed E-state index contributed by atoms with van der Waals surface area (Å²) in [5.74, 6) is 0. The minimum Gasteiger partial charge on any atom is -0.389 e. The van der Waals surface area contributed by atoms with Gasteiger partial charge in [0, 0.05) is 10.7 Å². The molecule has 14 heavy (non-hydrogen) atoms. The van der Waals surface area contributed by atoms with Gasteiger partial charge in [-0.1, -0.05) is 56.1 Å². The molecule has 0 saturated carbocycles. The lowest BCUT2D eigenvalue weighted by molar-refractivity contribution is 0.0338. The molecule has 2 nitrogen and oxygen atoms in total. The van der Waals surface area contributed by atoms with E-state index < -0.39 is 12.2 Å². The van der Waals surface area contributed by atoms with Gasteiger partial charge in [-0.15, -0.1) is 0 Å². The van der Waals surface area contributed by atoms with Crippen LogP contribution >= 0.6 is 31.9 Å². The van der Waals surface area contributed by atoms with Gasteiger partial charge in [-0.3, -0.25) is 0 Å². The quantitative estimate of drug-likeness (QED) is 0.835. The summed E-state index contributed by atoms with van der Waals surface area (Å²) in [6, 6.07) is 7.51. The van der Waals surface area contributed by atoms with E-state index in [1.54, 1.807) is 0 Å². The van der Waals surface area contributed by atoms with Crippen LogP contribution in [-0.2, 0) is 5.33 Å². The van der Waals surface area contributed by atoms with E-state index in [1.807, 2.05) is 24.3 Å². The highest BCUT2D eigenvalue weighted by molar-refractivity contribution is 9.09. The summed E-state index contributed by atoms with van der Waals surface area (Å²) in [6.45, 7) is 0. The molecule has 2 atom stereocenters. The lowest BCUT2D eigenvalue weighted by atomic mass is 10.0. The predicted octanol–water partition coefficient (Wildman–Crippen LogP) is 2.37. The van der Waals surface area contributed by atoms with Crippen LogP contribution in [0.25, 0.3) is 0 Å². The van der Waals surface area contributed by atoms with E-state index in [2.05, 4.69) is 31.9 Å². The number of hydrogen-bond acceptors (Lipinski definition) is 2. The Bertz CT molecular complexity index is 291. The van der Waals surface area contributed by atoms with Crippen LogP contribution in [0.15, 0.2) is 24.3 Å². The Morgan fingerprint density at radius 2 is 1.79 bits per heavy atom. The molecule has 0 spiro atoms. The van der Waals surface area contributed by atoms with Gasteiger partial charge in [-0.2, -0.15) is 0 Å². The first-order valence-corrected chi connectivity index (χ1v) is 6.51. The van der Waals surface area contributed by atoms with Crippen LogP contribution in [0.1, 0.15) is 17.2 Å². The van der Waals surface area contributed by atoms with Gasteiger partial charge >= 0.3 is 0 Å². The lowest BCUT2D eigenvalue weighted by Gasteiger charge is -2.18. The molecular formula is C10H12Br2O2. The van der Waals surface area contributed by atoms with Crippen molar-refractivity contribution >= 4 is 31.9 Å². The van der Waals surface area contributed by atoms with E-state index >= 15 is 0 Å². The molecule has 78 valence electrons. The Kier molecular flexibility index (Phi) is 5.09. The molecule has 0 amide bonds. The largest absolute Gasteiger partial charge is 0.389 e. The van der Waals surface area contributed by atoms with Gasteiger partial charge < -0.3 is 10.2 Å². The molecule has 2 unspecified atom stereocenters. The highest BCUT2D eigenvalue weighted by atomic mass is 79.9. The molecule has 1 rings (SSSR count). The van der Waals surface area contributed by atoms with Gasteiger partial charge in [-0.25, -0.2) is 0 Å². The molecule has 0 aliphatic carbocycles. The fraction of sp³-hybridized carbons (Fsp3) is 0.400. The first-order valence-electron chi connectivity index (χ1n) is 4.26. The van der Waals surface area contributed by atoms with Crippen molar-refractivity contribution in [1.29, 1.82) is 0 Å². The number of aliphatic hydroxyl groups is 2. The summed E-state index contributed by atoms with van der Waals surface area (Å²) in [5.41, 5.74) is 1.77. The Labute approximate surface area is 100 Å². The van der Waals surface area contributed by atoms with Crippen LogP contribution in [0.4, 0.5) is 0 Å². The van der Waals surface area contributed by atoms with Crippen LogP contribution in [0.5, 0.6) is 0 Å². The molecule has 0 saturated heterocycles. The predicted molar refractivity (Wildman–Crippen MR) is 63.8 cm³/mol. The number of aliphatic hydroxyl groups excluding tert-OH is 2. The Hall–Kier alpha value is 0.100. The average molecular weight is 324 g/mol. The third-order valence-electron chi connectivity index (χ3n) is 2.04. The van der Waals surface area contributed by atoms with Gasteiger partial charge in [0.2, 0.25) is 0 Å². The zero-order chi connectivity index (χ0) is 10.6. The standard InChI is InChI=1S/C10H12Br2O2/c11-5-7-3-1-2-4-8(7)10(14)9(13)6-12/h1-4,9-10,13-14H,5-6H2. The summed E-state index contributed by atoms with van der Waals surface area (Å²) in [4.78, 5) is 0. The number of benzene rings is 1. The van der Waals surface area contributed by atoms with Gasteiger partial charge in [0.25, 0.3) is 0 Å². The highest BCUT2D eigenvalue weighted by Crippen LogP contribution is 2.23. The second-order valence-corrected chi connectivity index (χ2v) is 4.21. The second kappa shape index (κ2) is 5.85. The third-order valence-corrected chi connectivity index (χ3v) is 3.31. The maximum atomic E-state index is 9.80. The van der Waals surface area contributed by atoms with E-state index in [0.29, 0.717) is 10.7 Å². The van der Waals surface area contributed by atoms with E-state index in [1.165, 1.54) is 0 Å². The molecule has 0 fully saturated rings. The monoisotopic (exact) mass is 322 g/mol. The fourth-order valence-corrected chi connectivity index (χ4v) is 2.10. The van der Waals surface area contributed by atoms with E-state index in [0.717, 1.165) is 11.1 Å². The molecule has 1 aromatic rings. The Morgan fingerprint density at radius 3 is 2.36 bits per heavy atom. The highest BCUT2D eigenvalue weighted by Gasteiger charge is 2.19. The second-order valence-electron chi connectivity index (χ2n) is 3.00. The van der Waals surface area contributed by atoms with Crippen LogP contribution < -0.4 is 0 Å². The van der Waals surface area contributed by atoms with Crippen molar-refractivity contribution in [1.82, 2.24) is 0 Å². The van der Waals surface area contributed by atoms with Crippen molar-refractivity contribution in [3.63, 3.8) is 0 Å². The van der Waals surface area contributed by atoms with E-state index in [4.69, 9.17) is 0 Å². The number of rotatable bonds is 4. The molecule has 0 heterocycles. The van der Waals surface area contributed by atoms with Crippen LogP contribution in [0, 0.1) is 0 Å². The van der Waals surface area contributed by atoms with E-state index in [9.17, 15) is 10.2 Å². The summed E-state index contributed by atoms with van der Waals surface area (Å²) in [7, 11) is 0. The Morgan fingerprint density at radius 1 is 1.14 bits per heavy atom. The smallest absolute Gasteiger partial charge is 0.106 e. The zero-order valence-corrected chi connectivity index (χ0v) is 10.7. The summed E-state index contributed by atoms with van der Waals surface area (Å²) in [5, 5.41) is 20.3. The molecule has 0 aliphatic rings. The Balaban J connectivity index is 2.93. The van der Waals surface area contributed by atoms with Crippen molar-refractivity contribution in [2.75, 3.05) is 5.33 Å². The molecule has 2 N–H and O–H groups in total. The maximum absolute atomic E-state index is 9.80. The summed E-state index contributed by atoms with van der Waals surface area (Å²) >= 11 is 6.48. The van der Waals surface area contributed by atoms with Crippen molar-refractivity contribution in [3.05, 3.63) is 35.4 Å². The average Bonchev–Trinajstić information content (AvgIpc) is 2.26. The number of alkyl halides is 2. The van der Waals surface area contributed by atoms with Crippen LogP contribution in [0.3, 0.4) is 0 Å². The molecule has 4 heteroatoms. The maximum Gasteiger partial charge on any atom is 0.106 e. The normalized spacial score (nSPS) is 15.1. The first kappa shape index (κ1) is 12.2. The van der Waals surface area contributed by atoms with Crippen molar-refractivity contribution in [2.24, 2.45) is 0 Å². The molecule has 0 radical (unpaired) electrons. The van der Waals surface area contributed by atoms with E-state index in [-0.39, 0.29) is 0 Å². The minimum atomic E-state index is -0.830. The SMILES string of the molecule is OC(CBr)C(O)c1ccccc1CBr. The minimum absolute atomic E-state index is 0.366. The molecule has 0 aliphatic heterocycles. The van der Waals surface area contributed by atoms with Crippen LogP contribution in [-0.4, -0.2) is 21.6 Å². The zero-order valence-electron chi connectivity index (χ0n) is 7.53. The van der Waals surface area contributed by atoms with Gasteiger partial charge in [0.1, 0.15) is 6.10 Å². The van der Waals surface area contributed by atoms with Crippen molar-refractivity contribution in [3.8, 4) is 0 Å². The lowest BCUT2D eigenvalue weighted by Crippen LogP contribution is -2.20. The number of halogens is 2. The molecule has 0 bridgehead atoms. The first-order chi connectivity index (χ1) is 6.70. The van der Waals surface area contributed by atoms with Gasteiger partial charge in [0.15, 0.2) is 0 Å². The van der Waals surface area contributed by atoms with Gasteiger partial charge in [0.05, 0.1) is 6.10 Å². The topological polar surface area (TPSA) is 40.5 Å².